The minimum Gasteiger partial charge on any atom is -0.457 e. The third-order valence-electron chi connectivity index (χ3n) is 6.94. The number of alkyl halides is 2. The van der Waals surface area contributed by atoms with Crippen molar-refractivity contribution in [1.82, 2.24) is 9.55 Å². The van der Waals surface area contributed by atoms with E-state index in [4.69, 9.17) is 15.2 Å². The van der Waals surface area contributed by atoms with E-state index in [0.29, 0.717) is 5.56 Å². The van der Waals surface area contributed by atoms with Crippen LogP contribution in [0.5, 0.6) is 11.5 Å². The Morgan fingerprint density at radius 1 is 1.28 bits per heavy atom. The Labute approximate surface area is 216 Å². The molecule has 1 unspecified atom stereocenters. The molecule has 0 spiro atoms. The number of ether oxygens (including phenoxy) is 4. The van der Waals surface area contributed by atoms with Gasteiger partial charge in [0.15, 0.2) is 5.75 Å². The molecule has 3 aliphatic heterocycles. The van der Waals surface area contributed by atoms with Gasteiger partial charge in [-0.2, -0.15) is 0 Å². The number of nitrogens with two attached hydrogens (primary N) is 1. The molecule has 1 atom stereocenters. The summed E-state index contributed by atoms with van der Waals surface area (Å²) in [6, 6.07) is 3.95. The number of hydrogen-bond donors (Lipinski definition) is 1. The number of rotatable bonds is 5. The molecule has 3 aromatic rings. The third kappa shape index (κ3) is 3.46. The zero-order valence-corrected chi connectivity index (χ0v) is 20.1. The first-order chi connectivity index (χ1) is 18.5. The summed E-state index contributed by atoms with van der Waals surface area (Å²) >= 11 is 0. The Bertz CT molecular complexity index is 1700. The highest BCUT2D eigenvalue weighted by molar-refractivity contribution is 5.96. The lowest BCUT2D eigenvalue weighted by molar-refractivity contribution is -0.385. The number of nitro groups is 1. The summed E-state index contributed by atoms with van der Waals surface area (Å²) in [7, 11) is 0. The van der Waals surface area contributed by atoms with E-state index in [2.05, 4.69) is 14.5 Å². The number of carbonyl (C=O) groups excluding carboxylic acids is 2. The Morgan fingerprint density at radius 3 is 2.74 bits per heavy atom. The number of cyclic esters (lactones) is 1. The van der Waals surface area contributed by atoms with E-state index >= 15 is 0 Å². The van der Waals surface area contributed by atoms with Crippen molar-refractivity contribution in [3.05, 3.63) is 55.4 Å². The number of nitro benzene ring substituents is 1. The van der Waals surface area contributed by atoms with Crippen molar-refractivity contribution < 1.29 is 42.2 Å². The number of hydrogen-bond acceptors (Lipinski definition) is 11. The van der Waals surface area contributed by atoms with Crippen LogP contribution in [0.1, 0.15) is 36.5 Å². The largest absolute Gasteiger partial charge is 0.586 e. The summed E-state index contributed by atoms with van der Waals surface area (Å²) < 4.78 is 48.4. The summed E-state index contributed by atoms with van der Waals surface area (Å²) in [6.07, 6.45) is -4.30. The number of aromatic nitrogens is 2. The molecule has 13 nitrogen and oxygen atoms in total. The molecule has 0 saturated carbocycles. The zero-order chi connectivity index (χ0) is 27.9. The van der Waals surface area contributed by atoms with Crippen molar-refractivity contribution in [3.8, 4) is 22.9 Å². The summed E-state index contributed by atoms with van der Waals surface area (Å²) in [6.45, 7) is 1.17. The Morgan fingerprint density at radius 2 is 2.05 bits per heavy atom. The number of halogens is 2. The number of nitrogens with zero attached hydrogens (tertiary/aromatic N) is 3. The molecule has 2 N–H and O–H groups in total. The predicted octanol–water partition coefficient (Wildman–Crippen LogP) is 2.21. The quantitative estimate of drug-likeness (QED) is 0.221. The highest BCUT2D eigenvalue weighted by atomic mass is 19.3. The fraction of sp³-hybridized carbons (Fsp3) is 0.333. The first-order valence-corrected chi connectivity index (χ1v) is 11.8. The molecule has 2 aromatic heterocycles. The van der Waals surface area contributed by atoms with E-state index < -0.39 is 51.5 Å². The number of pyridine rings is 2. The average molecular weight is 544 g/mol. The van der Waals surface area contributed by atoms with Crippen LogP contribution in [0.25, 0.3) is 22.3 Å². The second-order valence-electron chi connectivity index (χ2n) is 9.12. The smallest absolute Gasteiger partial charge is 0.457 e. The second-order valence-corrected chi connectivity index (χ2v) is 9.12. The van der Waals surface area contributed by atoms with Crippen LogP contribution in [-0.2, 0) is 37.8 Å². The molecular formula is C24H18F2N4O9. The molecule has 3 aliphatic rings. The SMILES string of the molecule is CCC1(OC(=O)CCN)C(=O)OCc2c1cc1n(c2=O)Cc2cc3c([N+](=O)[O-])c4c(cc3nc2-1)OC(F)(F)O4. The molecule has 6 rings (SSSR count). The van der Waals surface area contributed by atoms with Crippen molar-refractivity contribution in [2.75, 3.05) is 6.54 Å². The van der Waals surface area contributed by atoms with Gasteiger partial charge in [0.25, 0.3) is 11.3 Å². The molecule has 0 fully saturated rings. The van der Waals surface area contributed by atoms with E-state index in [1.54, 1.807) is 6.92 Å². The van der Waals surface area contributed by atoms with E-state index in [-0.39, 0.29) is 66.0 Å². The van der Waals surface area contributed by atoms with Crippen LogP contribution in [0, 0.1) is 10.1 Å². The lowest BCUT2D eigenvalue weighted by atomic mass is 9.85. The van der Waals surface area contributed by atoms with Gasteiger partial charge < -0.3 is 29.2 Å². The molecular weight excluding hydrogens is 526 g/mol. The van der Waals surface area contributed by atoms with Crippen molar-refractivity contribution >= 4 is 28.5 Å². The minimum absolute atomic E-state index is 0.0196. The van der Waals surface area contributed by atoms with Crippen LogP contribution in [0.4, 0.5) is 14.5 Å². The van der Waals surface area contributed by atoms with Gasteiger partial charge in [0, 0.05) is 23.7 Å². The Kier molecular flexibility index (Phi) is 5.17. The van der Waals surface area contributed by atoms with Gasteiger partial charge in [-0.05, 0) is 18.6 Å². The fourth-order valence-electron chi connectivity index (χ4n) is 5.21. The standard InChI is InChI=1S/C24H18F2N4O9/c1-2-23(38-17(31)3-4-27)13-6-15-18-10(8-29(15)21(32)12(13)9-36-22(23)33)5-11-14(28-18)7-16-20(19(11)30(34)35)39-24(25,26)37-16/h5-7H,2-4,8-9,27H2,1H3. The topological polar surface area (TPSA) is 175 Å². The summed E-state index contributed by atoms with van der Waals surface area (Å²) in [5.74, 6) is -2.90. The summed E-state index contributed by atoms with van der Waals surface area (Å²) in [5.41, 5.74) is 3.27. The molecule has 0 radical (unpaired) electrons. The van der Waals surface area contributed by atoms with Gasteiger partial charge in [0.05, 0.1) is 45.7 Å². The number of fused-ring (bicyclic) bond motifs is 6. The van der Waals surface area contributed by atoms with Crippen LogP contribution in [-0.4, -0.2) is 39.3 Å². The van der Waals surface area contributed by atoms with Crippen molar-refractivity contribution in [2.24, 2.45) is 5.73 Å². The molecule has 0 aliphatic carbocycles. The maximum absolute atomic E-state index is 13.7. The van der Waals surface area contributed by atoms with Crippen LogP contribution in [0.15, 0.2) is 23.0 Å². The molecule has 5 heterocycles. The molecule has 0 saturated heterocycles. The van der Waals surface area contributed by atoms with Gasteiger partial charge in [-0.15, -0.1) is 8.78 Å². The minimum atomic E-state index is -4.09. The van der Waals surface area contributed by atoms with Crippen LogP contribution in [0.2, 0.25) is 0 Å². The zero-order valence-electron chi connectivity index (χ0n) is 20.1. The lowest BCUT2D eigenvalue weighted by Gasteiger charge is -2.35. The van der Waals surface area contributed by atoms with Crippen molar-refractivity contribution in [3.63, 3.8) is 0 Å². The van der Waals surface area contributed by atoms with Gasteiger partial charge in [-0.3, -0.25) is 19.7 Å². The van der Waals surface area contributed by atoms with Crippen molar-refractivity contribution in [1.29, 1.82) is 0 Å². The molecule has 0 bridgehead atoms. The normalized spacial score (nSPS) is 19.7. The highest BCUT2D eigenvalue weighted by Gasteiger charge is 2.51. The summed E-state index contributed by atoms with van der Waals surface area (Å²) in [4.78, 5) is 54.3. The first-order valence-electron chi connectivity index (χ1n) is 11.8. The molecule has 1 aromatic carbocycles. The number of esters is 2. The van der Waals surface area contributed by atoms with Crippen molar-refractivity contribution in [2.45, 2.75) is 44.8 Å². The first kappa shape index (κ1) is 24.7. The van der Waals surface area contributed by atoms with E-state index in [1.807, 2.05) is 0 Å². The fourth-order valence-corrected chi connectivity index (χ4v) is 5.21. The van der Waals surface area contributed by atoms with Gasteiger partial charge in [0.2, 0.25) is 5.60 Å². The molecule has 15 heteroatoms. The van der Waals surface area contributed by atoms with E-state index in [1.165, 1.54) is 16.7 Å². The van der Waals surface area contributed by atoms with E-state index in [0.717, 1.165) is 6.07 Å². The molecule has 0 amide bonds. The molecule has 202 valence electrons. The van der Waals surface area contributed by atoms with Crippen LogP contribution in [0.3, 0.4) is 0 Å². The Hall–Kier alpha value is -4.66. The van der Waals surface area contributed by atoms with Crippen LogP contribution >= 0.6 is 0 Å². The van der Waals surface area contributed by atoms with Gasteiger partial charge in [-0.25, -0.2) is 9.78 Å². The lowest BCUT2D eigenvalue weighted by Crippen LogP contribution is -2.47. The van der Waals surface area contributed by atoms with Gasteiger partial charge in [-0.1, -0.05) is 6.92 Å². The number of carbonyl (C=O) groups is 2. The van der Waals surface area contributed by atoms with Gasteiger partial charge in [0.1, 0.15) is 6.61 Å². The predicted molar refractivity (Wildman–Crippen MR) is 125 cm³/mol. The van der Waals surface area contributed by atoms with E-state index in [9.17, 15) is 33.3 Å². The maximum atomic E-state index is 13.7. The number of benzene rings is 1. The summed E-state index contributed by atoms with van der Waals surface area (Å²) in [5, 5.41) is 11.8. The van der Waals surface area contributed by atoms with Gasteiger partial charge >= 0.3 is 23.9 Å². The molecule has 39 heavy (non-hydrogen) atoms. The highest BCUT2D eigenvalue weighted by Crippen LogP contribution is 2.51. The average Bonchev–Trinajstić information content (AvgIpc) is 3.38. The van der Waals surface area contributed by atoms with Crippen LogP contribution < -0.4 is 20.8 Å². The Balaban J connectivity index is 1.57. The third-order valence-corrected chi connectivity index (χ3v) is 6.94. The second kappa shape index (κ2) is 8.17. The maximum Gasteiger partial charge on any atom is 0.586 e. The monoisotopic (exact) mass is 544 g/mol.